The van der Waals surface area contributed by atoms with E-state index in [1.165, 1.54) is 11.1 Å². The van der Waals surface area contributed by atoms with Gasteiger partial charge in [0.25, 0.3) is 0 Å². The van der Waals surface area contributed by atoms with Gasteiger partial charge in [-0.2, -0.15) is 0 Å². The average Bonchev–Trinajstić information content (AvgIpc) is 2.06. The molecule has 0 bridgehead atoms. The van der Waals surface area contributed by atoms with Crippen LogP contribution in [-0.4, -0.2) is 4.99 Å². The molecular weight excluding hydrogens is 190 g/mol. The number of benzene rings is 1. The van der Waals surface area contributed by atoms with Crippen molar-refractivity contribution in [3.8, 4) is 0 Å². The molecule has 0 saturated carbocycles. The van der Waals surface area contributed by atoms with Crippen LogP contribution >= 0.6 is 12.2 Å². The van der Waals surface area contributed by atoms with Gasteiger partial charge in [0, 0.05) is 6.42 Å². The van der Waals surface area contributed by atoms with Crippen molar-refractivity contribution in [1.82, 2.24) is 0 Å². The van der Waals surface area contributed by atoms with Crippen molar-refractivity contribution in [1.29, 1.82) is 0 Å². The molecule has 0 aliphatic heterocycles. The second-order valence-corrected chi connectivity index (χ2v) is 4.58. The monoisotopic (exact) mass is 207 g/mol. The first-order valence-corrected chi connectivity index (χ1v) is 5.35. The van der Waals surface area contributed by atoms with Crippen LogP contribution in [0.4, 0.5) is 0 Å². The molecule has 0 aliphatic carbocycles. The molecule has 0 heterocycles. The molecule has 0 unspecified atom stereocenters. The highest BCUT2D eigenvalue weighted by Gasteiger charge is 1.98. The molecule has 0 atom stereocenters. The van der Waals surface area contributed by atoms with Gasteiger partial charge in [-0.15, -0.1) is 0 Å². The van der Waals surface area contributed by atoms with Crippen molar-refractivity contribution < 1.29 is 0 Å². The Kier molecular flexibility index (Phi) is 4.08. The zero-order valence-electron chi connectivity index (χ0n) is 8.79. The summed E-state index contributed by atoms with van der Waals surface area (Å²) in [6.45, 7) is 4.45. The lowest BCUT2D eigenvalue weighted by Crippen LogP contribution is -2.10. The highest BCUT2D eigenvalue weighted by molar-refractivity contribution is 7.80. The Morgan fingerprint density at radius 1 is 1.21 bits per heavy atom. The Labute approximate surface area is 91.3 Å². The second-order valence-electron chi connectivity index (χ2n) is 4.06. The third-order valence-electron chi connectivity index (χ3n) is 2.05. The number of hydrogen-bond acceptors (Lipinski definition) is 1. The summed E-state index contributed by atoms with van der Waals surface area (Å²) in [5.41, 5.74) is 8.05. The van der Waals surface area contributed by atoms with Gasteiger partial charge in [-0.05, 0) is 23.5 Å². The molecular formula is C12H17NS. The van der Waals surface area contributed by atoms with Gasteiger partial charge in [-0.1, -0.05) is 50.3 Å². The van der Waals surface area contributed by atoms with Crippen LogP contribution in [0.25, 0.3) is 0 Å². The van der Waals surface area contributed by atoms with Crippen LogP contribution in [0.15, 0.2) is 24.3 Å². The molecule has 14 heavy (non-hydrogen) atoms. The van der Waals surface area contributed by atoms with E-state index in [2.05, 4.69) is 38.1 Å². The van der Waals surface area contributed by atoms with Gasteiger partial charge in [-0.3, -0.25) is 0 Å². The fourth-order valence-corrected chi connectivity index (χ4v) is 1.63. The summed E-state index contributed by atoms with van der Waals surface area (Å²) >= 11 is 4.86. The molecule has 2 heteroatoms. The largest absolute Gasteiger partial charge is 0.393 e. The van der Waals surface area contributed by atoms with E-state index in [9.17, 15) is 0 Å². The minimum Gasteiger partial charge on any atom is -0.393 e. The first-order valence-electron chi connectivity index (χ1n) is 4.94. The molecule has 0 aliphatic rings. The highest BCUT2D eigenvalue weighted by atomic mass is 32.1. The zero-order chi connectivity index (χ0) is 10.6. The number of thiocarbonyl (C=S) groups is 1. The topological polar surface area (TPSA) is 26.0 Å². The molecule has 76 valence electrons. The van der Waals surface area contributed by atoms with E-state index in [0.29, 0.717) is 17.3 Å². The summed E-state index contributed by atoms with van der Waals surface area (Å²) in [5, 5.41) is 0. The van der Waals surface area contributed by atoms with Gasteiger partial charge >= 0.3 is 0 Å². The molecule has 0 radical (unpaired) electrons. The summed E-state index contributed by atoms with van der Waals surface area (Å²) in [6.07, 6.45) is 1.84. The molecule has 0 fully saturated rings. The Bertz CT molecular complexity index is 301. The van der Waals surface area contributed by atoms with E-state index in [1.54, 1.807) is 0 Å². The molecule has 1 nitrogen and oxygen atoms in total. The zero-order valence-corrected chi connectivity index (χ0v) is 9.60. The van der Waals surface area contributed by atoms with Crippen LogP contribution in [0, 0.1) is 5.92 Å². The fraction of sp³-hybridized carbons (Fsp3) is 0.417. The lowest BCUT2D eigenvalue weighted by atomic mass is 10.0. The fourth-order valence-electron chi connectivity index (χ4n) is 1.47. The standard InChI is InChI=1S/C12H17NS/c1-9(2)7-10-3-5-11(6-4-10)8-12(13)14/h3-6,9H,7-8H2,1-2H3,(H2,13,14). The van der Waals surface area contributed by atoms with E-state index in [0.717, 1.165) is 6.42 Å². The van der Waals surface area contributed by atoms with E-state index in [-0.39, 0.29) is 0 Å². The van der Waals surface area contributed by atoms with Crippen LogP contribution < -0.4 is 5.73 Å². The van der Waals surface area contributed by atoms with Gasteiger partial charge in [-0.25, -0.2) is 0 Å². The Morgan fingerprint density at radius 3 is 2.14 bits per heavy atom. The SMILES string of the molecule is CC(C)Cc1ccc(CC(N)=S)cc1. The third kappa shape index (κ3) is 3.88. The third-order valence-corrected chi connectivity index (χ3v) is 2.19. The maximum Gasteiger partial charge on any atom is 0.0771 e. The van der Waals surface area contributed by atoms with Crippen molar-refractivity contribution in [3.05, 3.63) is 35.4 Å². The molecule has 0 aromatic heterocycles. The van der Waals surface area contributed by atoms with Crippen LogP contribution in [0.1, 0.15) is 25.0 Å². The summed E-state index contributed by atoms with van der Waals surface area (Å²) in [7, 11) is 0. The minimum absolute atomic E-state index is 0.557. The summed E-state index contributed by atoms with van der Waals surface area (Å²) < 4.78 is 0. The van der Waals surface area contributed by atoms with E-state index >= 15 is 0 Å². The van der Waals surface area contributed by atoms with E-state index in [4.69, 9.17) is 18.0 Å². The van der Waals surface area contributed by atoms with Crippen molar-refractivity contribution in [2.24, 2.45) is 11.7 Å². The molecule has 2 N–H and O–H groups in total. The average molecular weight is 207 g/mol. The smallest absolute Gasteiger partial charge is 0.0771 e. The molecule has 1 aromatic rings. The van der Waals surface area contributed by atoms with Gasteiger partial charge in [0.05, 0.1) is 4.99 Å². The lowest BCUT2D eigenvalue weighted by Gasteiger charge is -2.05. The van der Waals surface area contributed by atoms with Crippen LogP contribution in [-0.2, 0) is 12.8 Å². The van der Waals surface area contributed by atoms with Gasteiger partial charge in [0.2, 0.25) is 0 Å². The van der Waals surface area contributed by atoms with Crippen LogP contribution in [0.2, 0.25) is 0 Å². The number of hydrogen-bond donors (Lipinski definition) is 1. The van der Waals surface area contributed by atoms with E-state index in [1.807, 2.05) is 0 Å². The Morgan fingerprint density at radius 2 is 1.71 bits per heavy atom. The second kappa shape index (κ2) is 5.11. The summed E-state index contributed by atoms with van der Waals surface area (Å²) in [4.78, 5) is 0.557. The maximum absolute atomic E-state index is 5.47. The maximum atomic E-state index is 5.47. The lowest BCUT2D eigenvalue weighted by molar-refractivity contribution is 0.647. The normalized spacial score (nSPS) is 10.5. The Hall–Kier alpha value is -0.890. The van der Waals surface area contributed by atoms with E-state index < -0.39 is 0 Å². The van der Waals surface area contributed by atoms with Crippen molar-refractivity contribution in [2.75, 3.05) is 0 Å². The van der Waals surface area contributed by atoms with Crippen LogP contribution in [0.5, 0.6) is 0 Å². The van der Waals surface area contributed by atoms with Gasteiger partial charge in [0.1, 0.15) is 0 Å². The first-order chi connectivity index (χ1) is 6.58. The minimum atomic E-state index is 0.557. The van der Waals surface area contributed by atoms with Gasteiger partial charge < -0.3 is 5.73 Å². The van der Waals surface area contributed by atoms with Crippen molar-refractivity contribution >= 4 is 17.2 Å². The predicted molar refractivity (Wildman–Crippen MR) is 65.5 cm³/mol. The molecule has 0 saturated heterocycles. The number of nitrogens with two attached hydrogens (primary N) is 1. The molecule has 0 spiro atoms. The first kappa shape index (κ1) is 11.2. The predicted octanol–water partition coefficient (Wildman–Crippen LogP) is 2.71. The Balaban J connectivity index is 2.63. The summed E-state index contributed by atoms with van der Waals surface area (Å²) in [6, 6.07) is 8.54. The van der Waals surface area contributed by atoms with Crippen LogP contribution in [0.3, 0.4) is 0 Å². The van der Waals surface area contributed by atoms with Gasteiger partial charge in [0.15, 0.2) is 0 Å². The van der Waals surface area contributed by atoms with Crippen molar-refractivity contribution in [2.45, 2.75) is 26.7 Å². The number of rotatable bonds is 4. The van der Waals surface area contributed by atoms with Crippen molar-refractivity contribution in [3.63, 3.8) is 0 Å². The quantitative estimate of drug-likeness (QED) is 0.768. The summed E-state index contributed by atoms with van der Waals surface area (Å²) in [5.74, 6) is 0.705. The molecule has 1 aromatic carbocycles. The highest BCUT2D eigenvalue weighted by Crippen LogP contribution is 2.10. The molecule has 1 rings (SSSR count). The molecule has 0 amide bonds.